The predicted molar refractivity (Wildman–Crippen MR) is 59.3 cm³/mol. The SMILES string of the molecule is Cc1ccc([C@H](O)CNC(C)C)cc1. The van der Waals surface area contributed by atoms with E-state index in [1.807, 2.05) is 31.2 Å². The van der Waals surface area contributed by atoms with Gasteiger partial charge in [-0.25, -0.2) is 0 Å². The molecule has 0 heterocycles. The van der Waals surface area contributed by atoms with Crippen molar-refractivity contribution in [2.45, 2.75) is 32.9 Å². The molecule has 2 nitrogen and oxygen atoms in total. The van der Waals surface area contributed by atoms with Crippen LogP contribution in [-0.4, -0.2) is 17.7 Å². The molecule has 0 aliphatic heterocycles. The van der Waals surface area contributed by atoms with Crippen molar-refractivity contribution >= 4 is 0 Å². The maximum absolute atomic E-state index is 9.80. The fourth-order valence-corrected chi connectivity index (χ4v) is 1.25. The Hall–Kier alpha value is -0.860. The molecular weight excluding hydrogens is 174 g/mol. The maximum atomic E-state index is 9.80. The molecule has 0 saturated carbocycles. The summed E-state index contributed by atoms with van der Waals surface area (Å²) < 4.78 is 0. The van der Waals surface area contributed by atoms with Gasteiger partial charge in [-0.15, -0.1) is 0 Å². The molecule has 0 spiro atoms. The Labute approximate surface area is 86.0 Å². The van der Waals surface area contributed by atoms with Crippen LogP contribution < -0.4 is 5.32 Å². The number of hydrogen-bond donors (Lipinski definition) is 2. The summed E-state index contributed by atoms with van der Waals surface area (Å²) in [5, 5.41) is 13.0. The van der Waals surface area contributed by atoms with Crippen molar-refractivity contribution in [2.75, 3.05) is 6.54 Å². The third kappa shape index (κ3) is 3.48. The Bertz CT molecular complexity index is 266. The van der Waals surface area contributed by atoms with Gasteiger partial charge in [0.1, 0.15) is 0 Å². The normalized spacial score (nSPS) is 13.2. The van der Waals surface area contributed by atoms with Crippen LogP contribution >= 0.6 is 0 Å². The highest BCUT2D eigenvalue weighted by atomic mass is 16.3. The van der Waals surface area contributed by atoms with E-state index in [1.54, 1.807) is 0 Å². The molecule has 0 aliphatic carbocycles. The molecule has 0 radical (unpaired) electrons. The van der Waals surface area contributed by atoms with Crippen molar-refractivity contribution in [1.29, 1.82) is 0 Å². The van der Waals surface area contributed by atoms with Crippen LogP contribution in [0.25, 0.3) is 0 Å². The number of benzene rings is 1. The fraction of sp³-hybridized carbons (Fsp3) is 0.500. The first-order valence-electron chi connectivity index (χ1n) is 5.07. The first kappa shape index (κ1) is 11.2. The van der Waals surface area contributed by atoms with E-state index in [2.05, 4.69) is 19.2 Å². The molecule has 14 heavy (non-hydrogen) atoms. The molecule has 0 saturated heterocycles. The Morgan fingerprint density at radius 3 is 2.29 bits per heavy atom. The largest absolute Gasteiger partial charge is 0.387 e. The lowest BCUT2D eigenvalue weighted by molar-refractivity contribution is 0.171. The molecule has 1 atom stereocenters. The highest BCUT2D eigenvalue weighted by molar-refractivity contribution is 5.23. The van der Waals surface area contributed by atoms with Gasteiger partial charge in [-0.05, 0) is 12.5 Å². The van der Waals surface area contributed by atoms with Gasteiger partial charge in [0.05, 0.1) is 6.10 Å². The van der Waals surface area contributed by atoms with E-state index in [-0.39, 0.29) is 0 Å². The average Bonchev–Trinajstić information content (AvgIpc) is 2.15. The van der Waals surface area contributed by atoms with E-state index in [1.165, 1.54) is 5.56 Å². The van der Waals surface area contributed by atoms with Crippen molar-refractivity contribution in [3.05, 3.63) is 35.4 Å². The summed E-state index contributed by atoms with van der Waals surface area (Å²) in [5.74, 6) is 0. The molecule has 2 N–H and O–H groups in total. The van der Waals surface area contributed by atoms with Gasteiger partial charge in [-0.1, -0.05) is 43.7 Å². The number of aliphatic hydroxyl groups is 1. The first-order chi connectivity index (χ1) is 6.59. The molecule has 1 aromatic carbocycles. The summed E-state index contributed by atoms with van der Waals surface area (Å²) in [6.07, 6.45) is -0.405. The summed E-state index contributed by atoms with van der Waals surface area (Å²) in [6.45, 7) is 6.80. The van der Waals surface area contributed by atoms with Gasteiger partial charge in [0.2, 0.25) is 0 Å². The monoisotopic (exact) mass is 193 g/mol. The van der Waals surface area contributed by atoms with E-state index in [0.29, 0.717) is 12.6 Å². The van der Waals surface area contributed by atoms with Crippen molar-refractivity contribution in [3.63, 3.8) is 0 Å². The first-order valence-corrected chi connectivity index (χ1v) is 5.07. The highest BCUT2D eigenvalue weighted by Gasteiger charge is 2.06. The minimum atomic E-state index is -0.405. The Balaban J connectivity index is 2.52. The topological polar surface area (TPSA) is 32.3 Å². The number of aliphatic hydroxyl groups excluding tert-OH is 1. The highest BCUT2D eigenvalue weighted by Crippen LogP contribution is 2.12. The zero-order valence-electron chi connectivity index (χ0n) is 9.12. The fourth-order valence-electron chi connectivity index (χ4n) is 1.25. The molecule has 0 unspecified atom stereocenters. The van der Waals surface area contributed by atoms with E-state index in [4.69, 9.17) is 0 Å². The predicted octanol–water partition coefficient (Wildman–Crippen LogP) is 2.03. The van der Waals surface area contributed by atoms with Crippen molar-refractivity contribution in [2.24, 2.45) is 0 Å². The van der Waals surface area contributed by atoms with Crippen LogP contribution in [0.2, 0.25) is 0 Å². The quantitative estimate of drug-likeness (QED) is 0.767. The number of aryl methyl sites for hydroxylation is 1. The third-order valence-electron chi connectivity index (χ3n) is 2.18. The van der Waals surface area contributed by atoms with Crippen molar-refractivity contribution < 1.29 is 5.11 Å². The molecule has 0 aromatic heterocycles. The Morgan fingerprint density at radius 2 is 1.79 bits per heavy atom. The minimum absolute atomic E-state index is 0.405. The zero-order valence-corrected chi connectivity index (χ0v) is 9.12. The summed E-state index contributed by atoms with van der Waals surface area (Å²) in [4.78, 5) is 0. The molecule has 0 amide bonds. The number of hydrogen-bond acceptors (Lipinski definition) is 2. The van der Waals surface area contributed by atoms with E-state index < -0.39 is 6.10 Å². The molecular formula is C12H19NO. The molecule has 1 aromatic rings. The maximum Gasteiger partial charge on any atom is 0.0914 e. The molecule has 0 aliphatic rings. The summed E-state index contributed by atoms with van der Waals surface area (Å²) >= 11 is 0. The lowest BCUT2D eigenvalue weighted by atomic mass is 10.1. The van der Waals surface area contributed by atoms with Gasteiger partial charge < -0.3 is 10.4 Å². The summed E-state index contributed by atoms with van der Waals surface area (Å²) in [5.41, 5.74) is 2.20. The second-order valence-electron chi connectivity index (χ2n) is 3.99. The van der Waals surface area contributed by atoms with E-state index in [9.17, 15) is 5.11 Å². The van der Waals surface area contributed by atoms with Crippen LogP contribution in [0.15, 0.2) is 24.3 Å². The van der Waals surface area contributed by atoms with Crippen LogP contribution in [0.5, 0.6) is 0 Å². The summed E-state index contributed by atoms with van der Waals surface area (Å²) in [7, 11) is 0. The van der Waals surface area contributed by atoms with Gasteiger partial charge in [-0.3, -0.25) is 0 Å². The lowest BCUT2D eigenvalue weighted by Gasteiger charge is -2.14. The number of nitrogens with one attached hydrogen (secondary N) is 1. The van der Waals surface area contributed by atoms with Crippen LogP contribution in [-0.2, 0) is 0 Å². The minimum Gasteiger partial charge on any atom is -0.387 e. The lowest BCUT2D eigenvalue weighted by Crippen LogP contribution is -2.27. The van der Waals surface area contributed by atoms with Gasteiger partial charge >= 0.3 is 0 Å². The van der Waals surface area contributed by atoms with Crippen LogP contribution in [0.1, 0.15) is 31.1 Å². The Morgan fingerprint density at radius 1 is 1.21 bits per heavy atom. The summed E-state index contributed by atoms with van der Waals surface area (Å²) in [6, 6.07) is 8.40. The van der Waals surface area contributed by atoms with E-state index in [0.717, 1.165) is 5.56 Å². The average molecular weight is 193 g/mol. The molecule has 2 heteroatoms. The standard InChI is InChI=1S/C12H19NO/c1-9(2)13-8-12(14)11-6-4-10(3)5-7-11/h4-7,9,12-14H,8H2,1-3H3/t12-/m1/s1. The van der Waals surface area contributed by atoms with Gasteiger partial charge in [0.25, 0.3) is 0 Å². The van der Waals surface area contributed by atoms with Gasteiger partial charge in [0.15, 0.2) is 0 Å². The third-order valence-corrected chi connectivity index (χ3v) is 2.18. The molecule has 1 rings (SSSR count). The second kappa shape index (κ2) is 5.13. The number of rotatable bonds is 4. The van der Waals surface area contributed by atoms with Gasteiger partial charge in [0, 0.05) is 12.6 Å². The van der Waals surface area contributed by atoms with Crippen molar-refractivity contribution in [3.8, 4) is 0 Å². The van der Waals surface area contributed by atoms with Gasteiger partial charge in [-0.2, -0.15) is 0 Å². The zero-order chi connectivity index (χ0) is 10.6. The molecule has 0 bridgehead atoms. The van der Waals surface area contributed by atoms with Crippen LogP contribution in [0.4, 0.5) is 0 Å². The van der Waals surface area contributed by atoms with Crippen LogP contribution in [0, 0.1) is 6.92 Å². The second-order valence-corrected chi connectivity index (χ2v) is 3.99. The van der Waals surface area contributed by atoms with E-state index >= 15 is 0 Å². The molecule has 78 valence electrons. The molecule has 0 fully saturated rings. The van der Waals surface area contributed by atoms with Crippen molar-refractivity contribution in [1.82, 2.24) is 5.32 Å². The Kier molecular flexibility index (Phi) is 4.11. The van der Waals surface area contributed by atoms with Crippen LogP contribution in [0.3, 0.4) is 0 Å². The smallest absolute Gasteiger partial charge is 0.0914 e.